The molecule has 0 aliphatic heterocycles. The first kappa shape index (κ1) is 19.6. The SMILES string of the molecule is NC(=O)c1cn(Cc2ccc(CNCC(F)(F)F)cc2)c2ccccc2c1=O. The van der Waals surface area contributed by atoms with Crippen molar-refractivity contribution in [2.45, 2.75) is 19.3 Å². The number of carbonyl (C=O) groups excluding carboxylic acids is 1. The van der Waals surface area contributed by atoms with Crippen LogP contribution in [0.1, 0.15) is 21.5 Å². The molecule has 0 bridgehead atoms. The first-order chi connectivity index (χ1) is 13.2. The third-order valence-electron chi connectivity index (χ3n) is 4.28. The molecule has 3 rings (SSSR count). The normalized spacial score (nSPS) is 11.7. The summed E-state index contributed by atoms with van der Waals surface area (Å²) in [5, 5.41) is 2.74. The van der Waals surface area contributed by atoms with Gasteiger partial charge in [-0.2, -0.15) is 13.2 Å². The molecule has 0 saturated carbocycles. The van der Waals surface area contributed by atoms with E-state index in [9.17, 15) is 22.8 Å². The lowest BCUT2D eigenvalue weighted by Gasteiger charge is -2.13. The van der Waals surface area contributed by atoms with Gasteiger partial charge in [0.1, 0.15) is 5.56 Å². The van der Waals surface area contributed by atoms with Gasteiger partial charge in [-0.25, -0.2) is 0 Å². The van der Waals surface area contributed by atoms with Crippen molar-refractivity contribution in [2.24, 2.45) is 5.73 Å². The van der Waals surface area contributed by atoms with Crippen LogP contribution >= 0.6 is 0 Å². The van der Waals surface area contributed by atoms with E-state index in [1.807, 2.05) is 0 Å². The molecule has 1 aromatic heterocycles. The average Bonchev–Trinajstić information content (AvgIpc) is 2.64. The monoisotopic (exact) mass is 389 g/mol. The van der Waals surface area contributed by atoms with Gasteiger partial charge in [0.25, 0.3) is 5.91 Å². The highest BCUT2D eigenvalue weighted by Gasteiger charge is 2.26. The molecule has 146 valence electrons. The number of primary amides is 1. The van der Waals surface area contributed by atoms with Gasteiger partial charge in [-0.05, 0) is 23.3 Å². The number of benzene rings is 2. The highest BCUT2D eigenvalue weighted by atomic mass is 19.4. The number of hydrogen-bond acceptors (Lipinski definition) is 3. The number of aromatic nitrogens is 1. The second kappa shape index (κ2) is 7.85. The van der Waals surface area contributed by atoms with Crippen LogP contribution in [0.5, 0.6) is 0 Å². The smallest absolute Gasteiger partial charge is 0.365 e. The van der Waals surface area contributed by atoms with Crippen LogP contribution in [0.3, 0.4) is 0 Å². The Hall–Kier alpha value is -3.13. The van der Waals surface area contributed by atoms with E-state index in [0.29, 0.717) is 17.4 Å². The van der Waals surface area contributed by atoms with Crippen molar-refractivity contribution >= 4 is 16.8 Å². The van der Waals surface area contributed by atoms with Crippen molar-refractivity contribution in [2.75, 3.05) is 6.54 Å². The number of halogens is 3. The molecule has 0 saturated heterocycles. The molecular formula is C20H18F3N3O2. The molecule has 0 radical (unpaired) electrons. The standard InChI is InChI=1S/C20H18F3N3O2/c21-20(22,23)12-25-9-13-5-7-14(8-6-13)10-26-11-16(19(24)28)18(27)15-3-1-2-4-17(15)26/h1-8,11,25H,9-10,12H2,(H2,24,28). The summed E-state index contributed by atoms with van der Waals surface area (Å²) in [5.74, 6) is -0.796. The highest BCUT2D eigenvalue weighted by Crippen LogP contribution is 2.15. The fourth-order valence-corrected chi connectivity index (χ4v) is 2.96. The molecule has 0 unspecified atom stereocenters. The number of fused-ring (bicyclic) bond motifs is 1. The molecular weight excluding hydrogens is 371 g/mol. The number of hydrogen-bond donors (Lipinski definition) is 2. The number of nitrogens with zero attached hydrogens (tertiary/aromatic N) is 1. The van der Waals surface area contributed by atoms with Crippen LogP contribution in [0.15, 0.2) is 59.5 Å². The summed E-state index contributed by atoms with van der Waals surface area (Å²) in [6.45, 7) is -0.571. The van der Waals surface area contributed by atoms with E-state index in [1.165, 1.54) is 6.20 Å². The van der Waals surface area contributed by atoms with Gasteiger partial charge in [-0.3, -0.25) is 9.59 Å². The zero-order valence-corrected chi connectivity index (χ0v) is 14.8. The Labute approximate surface area is 158 Å². The van der Waals surface area contributed by atoms with E-state index in [1.54, 1.807) is 53.1 Å². The first-order valence-corrected chi connectivity index (χ1v) is 8.52. The maximum Gasteiger partial charge on any atom is 0.401 e. The van der Waals surface area contributed by atoms with E-state index in [4.69, 9.17) is 5.73 Å². The molecule has 2 aromatic carbocycles. The van der Waals surface area contributed by atoms with Crippen molar-refractivity contribution in [3.05, 3.63) is 81.6 Å². The summed E-state index contributed by atoms with van der Waals surface area (Å²) in [4.78, 5) is 24.0. The van der Waals surface area contributed by atoms with E-state index in [0.717, 1.165) is 11.1 Å². The Balaban J connectivity index is 1.84. The van der Waals surface area contributed by atoms with Crippen molar-refractivity contribution in [1.82, 2.24) is 9.88 Å². The van der Waals surface area contributed by atoms with Crippen LogP contribution in [0.4, 0.5) is 13.2 Å². The van der Waals surface area contributed by atoms with E-state index in [-0.39, 0.29) is 12.1 Å². The quantitative estimate of drug-likeness (QED) is 0.681. The molecule has 8 heteroatoms. The van der Waals surface area contributed by atoms with Crippen LogP contribution < -0.4 is 16.5 Å². The molecule has 3 aromatic rings. The maximum atomic E-state index is 12.4. The van der Waals surface area contributed by atoms with Crippen molar-refractivity contribution in [3.8, 4) is 0 Å². The number of para-hydroxylation sites is 1. The maximum absolute atomic E-state index is 12.4. The van der Waals surface area contributed by atoms with Gasteiger partial charge >= 0.3 is 6.18 Å². The van der Waals surface area contributed by atoms with Crippen molar-refractivity contribution < 1.29 is 18.0 Å². The lowest BCUT2D eigenvalue weighted by molar-refractivity contribution is -0.125. The third-order valence-corrected chi connectivity index (χ3v) is 4.28. The van der Waals surface area contributed by atoms with E-state index >= 15 is 0 Å². The van der Waals surface area contributed by atoms with Gasteiger partial charge in [-0.1, -0.05) is 36.4 Å². The van der Waals surface area contributed by atoms with Gasteiger partial charge < -0.3 is 15.6 Å². The molecule has 0 atom stereocenters. The lowest BCUT2D eigenvalue weighted by atomic mass is 10.1. The average molecular weight is 389 g/mol. The number of pyridine rings is 1. The summed E-state index contributed by atoms with van der Waals surface area (Å²) in [5.41, 5.74) is 7.07. The molecule has 0 aliphatic carbocycles. The van der Waals surface area contributed by atoms with Gasteiger partial charge in [0.15, 0.2) is 0 Å². The molecule has 5 nitrogen and oxygen atoms in total. The van der Waals surface area contributed by atoms with Crippen LogP contribution in [0, 0.1) is 0 Å². The number of alkyl halides is 3. The Morgan fingerprint density at radius 1 is 1.04 bits per heavy atom. The number of nitrogens with one attached hydrogen (secondary N) is 1. The fourth-order valence-electron chi connectivity index (χ4n) is 2.96. The minimum atomic E-state index is -4.25. The zero-order valence-electron chi connectivity index (χ0n) is 14.8. The zero-order chi connectivity index (χ0) is 20.3. The van der Waals surface area contributed by atoms with Crippen LogP contribution in [0.2, 0.25) is 0 Å². The molecule has 0 aliphatic rings. The number of carbonyl (C=O) groups is 1. The summed E-state index contributed by atoms with van der Waals surface area (Å²) in [7, 11) is 0. The Kier molecular flexibility index (Phi) is 5.51. The molecule has 1 amide bonds. The fraction of sp³-hybridized carbons (Fsp3) is 0.200. The summed E-state index contributed by atoms with van der Waals surface area (Å²) in [6.07, 6.45) is -2.81. The molecule has 1 heterocycles. The number of amides is 1. The second-order valence-electron chi connectivity index (χ2n) is 6.42. The van der Waals surface area contributed by atoms with Gasteiger partial charge in [0, 0.05) is 24.7 Å². The van der Waals surface area contributed by atoms with Crippen LogP contribution in [0.25, 0.3) is 10.9 Å². The summed E-state index contributed by atoms with van der Waals surface area (Å²) in [6, 6.07) is 14.0. The molecule has 0 spiro atoms. The summed E-state index contributed by atoms with van der Waals surface area (Å²) < 4.78 is 38.3. The van der Waals surface area contributed by atoms with Gasteiger partial charge in [0.2, 0.25) is 5.43 Å². The number of rotatable bonds is 6. The lowest BCUT2D eigenvalue weighted by Crippen LogP contribution is -2.28. The van der Waals surface area contributed by atoms with Crippen molar-refractivity contribution in [1.29, 1.82) is 0 Å². The topological polar surface area (TPSA) is 77.1 Å². The van der Waals surface area contributed by atoms with Crippen molar-refractivity contribution in [3.63, 3.8) is 0 Å². The van der Waals surface area contributed by atoms with Gasteiger partial charge in [-0.15, -0.1) is 0 Å². The Morgan fingerprint density at radius 2 is 1.68 bits per heavy atom. The largest absolute Gasteiger partial charge is 0.401 e. The second-order valence-corrected chi connectivity index (χ2v) is 6.42. The molecule has 3 N–H and O–H groups in total. The van der Waals surface area contributed by atoms with Crippen LogP contribution in [-0.2, 0) is 13.1 Å². The third kappa shape index (κ3) is 4.58. The van der Waals surface area contributed by atoms with E-state index < -0.39 is 24.1 Å². The van der Waals surface area contributed by atoms with Crippen LogP contribution in [-0.4, -0.2) is 23.2 Å². The predicted molar refractivity (Wildman–Crippen MR) is 100 cm³/mol. The minimum Gasteiger partial charge on any atom is -0.365 e. The first-order valence-electron chi connectivity index (χ1n) is 8.52. The Morgan fingerprint density at radius 3 is 2.32 bits per heavy atom. The van der Waals surface area contributed by atoms with Gasteiger partial charge in [0.05, 0.1) is 12.1 Å². The highest BCUT2D eigenvalue weighted by molar-refractivity contribution is 5.96. The van der Waals surface area contributed by atoms with E-state index in [2.05, 4.69) is 5.32 Å². The number of nitrogens with two attached hydrogens (primary N) is 1. The molecule has 0 fully saturated rings. The minimum absolute atomic E-state index is 0.0910. The summed E-state index contributed by atoms with van der Waals surface area (Å²) >= 11 is 0. The Bertz CT molecular complexity index is 1060. The molecule has 28 heavy (non-hydrogen) atoms. The predicted octanol–water partition coefficient (Wildman–Crippen LogP) is 2.80.